The molecule has 0 aromatic rings. The Labute approximate surface area is 206 Å². The first-order valence-electron chi connectivity index (χ1n) is 12.5. The van der Waals surface area contributed by atoms with Crippen LogP contribution in [0.2, 0.25) is 12.1 Å². The topological polar surface area (TPSA) is 93.4 Å². The first-order valence-corrected chi connectivity index (χ1v) is 16.4. The smallest absolute Gasteiger partial charge is 0.377 e. The van der Waals surface area contributed by atoms with E-state index in [4.69, 9.17) is 32.3 Å². The lowest BCUT2D eigenvalue weighted by atomic mass is 9.91. The largest absolute Gasteiger partial charge is 0.500 e. The molecule has 1 rings (SSSR count). The fraction of sp³-hybridized carbons (Fsp3) is 1.00. The van der Waals surface area contributed by atoms with Crippen molar-refractivity contribution >= 4 is 17.6 Å². The predicted octanol–water partition coefficient (Wildman–Crippen LogP) is 4.20. The summed E-state index contributed by atoms with van der Waals surface area (Å²) >= 11 is 0. The molecular formula is C23H54N2O6Si2. The van der Waals surface area contributed by atoms with Crippen LogP contribution in [0, 0.1) is 5.41 Å². The average molecular weight is 511 g/mol. The minimum Gasteiger partial charge on any atom is -0.377 e. The summed E-state index contributed by atoms with van der Waals surface area (Å²) in [6.45, 7) is 8.77. The molecule has 0 amide bonds. The monoisotopic (exact) mass is 510 g/mol. The van der Waals surface area contributed by atoms with Gasteiger partial charge < -0.3 is 37.6 Å². The molecule has 0 heterocycles. The average Bonchev–Trinajstić information content (AvgIpc) is 2.86. The van der Waals surface area contributed by atoms with Crippen molar-refractivity contribution in [2.45, 2.75) is 90.3 Å². The Balaban J connectivity index is 0.000000622. The van der Waals surface area contributed by atoms with E-state index in [2.05, 4.69) is 26.1 Å². The van der Waals surface area contributed by atoms with Gasteiger partial charge in [-0.15, -0.1) is 0 Å². The van der Waals surface area contributed by atoms with E-state index in [1.54, 1.807) is 35.5 Å². The molecule has 0 bridgehead atoms. The maximum atomic E-state index is 5.77. The molecule has 0 aromatic carbocycles. The molecule has 200 valence electrons. The number of hydrogen-bond donors (Lipinski definition) is 2. The minimum absolute atomic E-state index is 0.116. The molecule has 1 saturated carbocycles. The zero-order chi connectivity index (χ0) is 25.2. The van der Waals surface area contributed by atoms with Gasteiger partial charge >= 0.3 is 17.6 Å². The van der Waals surface area contributed by atoms with Crippen molar-refractivity contribution in [1.82, 2.24) is 5.32 Å². The van der Waals surface area contributed by atoms with Gasteiger partial charge in [0.2, 0.25) is 0 Å². The van der Waals surface area contributed by atoms with Crippen LogP contribution in [0.5, 0.6) is 0 Å². The third-order valence-corrected chi connectivity index (χ3v) is 12.0. The summed E-state index contributed by atoms with van der Waals surface area (Å²) in [5.74, 6) is 0. The Kier molecular flexibility index (Phi) is 18.5. The van der Waals surface area contributed by atoms with Gasteiger partial charge in [-0.25, -0.2) is 0 Å². The normalized spacial score (nSPS) is 15.9. The van der Waals surface area contributed by atoms with Gasteiger partial charge in [0.05, 0.1) is 0 Å². The zero-order valence-corrected chi connectivity index (χ0v) is 24.8. The van der Waals surface area contributed by atoms with E-state index in [0.717, 1.165) is 43.9 Å². The van der Waals surface area contributed by atoms with Crippen LogP contribution in [0.1, 0.15) is 72.1 Å². The molecule has 0 spiro atoms. The van der Waals surface area contributed by atoms with Crippen LogP contribution in [0.25, 0.3) is 0 Å². The van der Waals surface area contributed by atoms with Gasteiger partial charge in [-0.2, -0.15) is 0 Å². The zero-order valence-electron chi connectivity index (χ0n) is 22.8. The first-order chi connectivity index (χ1) is 15.7. The molecule has 3 N–H and O–H groups in total. The lowest BCUT2D eigenvalue weighted by Gasteiger charge is -2.30. The molecule has 0 saturated heterocycles. The van der Waals surface area contributed by atoms with Crippen molar-refractivity contribution in [3.8, 4) is 0 Å². The highest BCUT2D eigenvalue weighted by Gasteiger charge is 2.40. The van der Waals surface area contributed by atoms with Gasteiger partial charge in [-0.3, -0.25) is 0 Å². The van der Waals surface area contributed by atoms with Gasteiger partial charge in [0.25, 0.3) is 0 Å². The van der Waals surface area contributed by atoms with E-state index < -0.39 is 17.6 Å². The summed E-state index contributed by atoms with van der Waals surface area (Å²) < 4.78 is 32.9. The van der Waals surface area contributed by atoms with Crippen LogP contribution in [0.4, 0.5) is 0 Å². The highest BCUT2D eigenvalue weighted by molar-refractivity contribution is 6.60. The van der Waals surface area contributed by atoms with Crippen LogP contribution in [0.15, 0.2) is 0 Å². The first kappa shape index (κ1) is 33.1. The summed E-state index contributed by atoms with van der Waals surface area (Å²) in [7, 11) is 3.57. The van der Waals surface area contributed by atoms with Crippen molar-refractivity contribution < 1.29 is 26.6 Å². The molecule has 1 aliphatic rings. The number of nitrogens with two attached hydrogens (primary N) is 1. The van der Waals surface area contributed by atoms with E-state index in [1.807, 2.05) is 0 Å². The van der Waals surface area contributed by atoms with Crippen LogP contribution >= 0.6 is 0 Å². The molecule has 0 atom stereocenters. The second-order valence-electron chi connectivity index (χ2n) is 9.50. The Morgan fingerprint density at radius 1 is 0.848 bits per heavy atom. The summed E-state index contributed by atoms with van der Waals surface area (Å²) in [6.07, 6.45) is 9.82. The van der Waals surface area contributed by atoms with Crippen molar-refractivity contribution in [2.24, 2.45) is 11.1 Å². The second-order valence-corrected chi connectivity index (χ2v) is 15.6. The van der Waals surface area contributed by atoms with Crippen molar-refractivity contribution in [3.05, 3.63) is 0 Å². The molecule has 0 unspecified atom stereocenters. The fourth-order valence-corrected chi connectivity index (χ4v) is 7.98. The van der Waals surface area contributed by atoms with Crippen LogP contribution in [-0.4, -0.2) is 78.9 Å². The number of nitrogens with one attached hydrogen (secondary N) is 1. The highest BCUT2D eigenvalue weighted by Crippen LogP contribution is 2.27. The van der Waals surface area contributed by atoms with E-state index in [1.165, 1.54) is 32.1 Å². The second kappa shape index (κ2) is 18.4. The van der Waals surface area contributed by atoms with E-state index >= 15 is 0 Å². The fourth-order valence-electron chi connectivity index (χ4n) is 3.80. The standard InChI is InChI=1S/C12H27NO3Si.C11H27NO3Si/c1-14-17(15-2,16-3)11-7-10-13-12-8-5-4-6-9-12;1-6-8-15-16(13-4,14-5)9-7-11(2,3)10-12/h12-13H,4-11H2,1-3H3;6-10,12H2,1-5H3. The molecule has 1 aliphatic carbocycles. The minimum atomic E-state index is -2.45. The van der Waals surface area contributed by atoms with E-state index in [-0.39, 0.29) is 5.41 Å². The number of hydrogen-bond acceptors (Lipinski definition) is 8. The summed E-state index contributed by atoms with van der Waals surface area (Å²) in [6, 6.07) is 2.44. The number of rotatable bonds is 17. The summed E-state index contributed by atoms with van der Waals surface area (Å²) in [5.41, 5.74) is 5.83. The Hall–Kier alpha value is 0.114. The molecule has 0 aromatic heterocycles. The Bertz CT molecular complexity index is 452. The third-order valence-electron chi connectivity index (χ3n) is 6.44. The molecule has 8 nitrogen and oxygen atoms in total. The quantitative estimate of drug-likeness (QED) is 0.222. The lowest BCUT2D eigenvalue weighted by molar-refractivity contribution is 0.0943. The third kappa shape index (κ3) is 13.7. The van der Waals surface area contributed by atoms with Crippen LogP contribution in [-0.2, 0) is 26.6 Å². The summed E-state index contributed by atoms with van der Waals surface area (Å²) in [4.78, 5) is 0. The van der Waals surface area contributed by atoms with Gasteiger partial charge in [0.15, 0.2) is 0 Å². The lowest BCUT2D eigenvalue weighted by Crippen LogP contribution is -2.45. The van der Waals surface area contributed by atoms with Gasteiger partial charge in [0, 0.05) is 60.3 Å². The molecule has 0 radical (unpaired) electrons. The molecule has 10 heteroatoms. The Morgan fingerprint density at radius 3 is 1.85 bits per heavy atom. The van der Waals surface area contributed by atoms with E-state index in [0.29, 0.717) is 13.2 Å². The van der Waals surface area contributed by atoms with Gasteiger partial charge in [0.1, 0.15) is 0 Å². The molecule has 1 fully saturated rings. The van der Waals surface area contributed by atoms with Crippen LogP contribution in [0.3, 0.4) is 0 Å². The predicted molar refractivity (Wildman–Crippen MR) is 139 cm³/mol. The van der Waals surface area contributed by atoms with E-state index in [9.17, 15) is 0 Å². The molecular weight excluding hydrogens is 456 g/mol. The maximum Gasteiger partial charge on any atom is 0.500 e. The summed E-state index contributed by atoms with van der Waals surface area (Å²) in [5, 5.41) is 3.62. The Morgan fingerprint density at radius 2 is 1.39 bits per heavy atom. The van der Waals surface area contributed by atoms with Crippen molar-refractivity contribution in [3.63, 3.8) is 0 Å². The molecule has 33 heavy (non-hydrogen) atoms. The van der Waals surface area contributed by atoms with Crippen molar-refractivity contribution in [2.75, 3.05) is 55.2 Å². The van der Waals surface area contributed by atoms with Gasteiger partial charge in [-0.05, 0) is 50.6 Å². The van der Waals surface area contributed by atoms with Crippen LogP contribution < -0.4 is 11.1 Å². The molecule has 0 aliphatic heterocycles. The SMILES string of the molecule is CCCO[Si](CCC(C)(C)CN)(OC)OC.CO[Si](CCCNC1CCCCC1)(OC)OC. The van der Waals surface area contributed by atoms with Crippen molar-refractivity contribution in [1.29, 1.82) is 0 Å². The maximum absolute atomic E-state index is 5.77. The highest BCUT2D eigenvalue weighted by atomic mass is 28.4. The van der Waals surface area contributed by atoms with Gasteiger partial charge in [-0.1, -0.05) is 40.0 Å².